The van der Waals surface area contributed by atoms with Crippen LogP contribution in [0.25, 0.3) is 111 Å². The summed E-state index contributed by atoms with van der Waals surface area (Å²) in [5.74, 6) is 0. The van der Waals surface area contributed by atoms with Crippen molar-refractivity contribution in [2.24, 2.45) is 0 Å². The monoisotopic (exact) mass is 763 g/mol. The predicted molar refractivity (Wildman–Crippen MR) is 252 cm³/mol. The second-order valence-corrected chi connectivity index (χ2v) is 15.5. The first-order valence-electron chi connectivity index (χ1n) is 20.6. The maximum atomic E-state index is 5.48. The van der Waals surface area contributed by atoms with Gasteiger partial charge in [0, 0.05) is 43.7 Å². The molecular formula is C57H37N3. The molecule has 0 aliphatic heterocycles. The molecule has 280 valence electrons. The first-order chi connectivity index (χ1) is 29.8. The molecule has 0 fully saturated rings. The van der Waals surface area contributed by atoms with Crippen molar-refractivity contribution in [1.82, 2.24) is 14.1 Å². The van der Waals surface area contributed by atoms with Gasteiger partial charge in [-0.05, 0) is 70.1 Å². The smallest absolute Gasteiger partial charge is 0.0789 e. The molecule has 3 nitrogen and oxygen atoms in total. The average molecular weight is 764 g/mol. The van der Waals surface area contributed by atoms with Crippen molar-refractivity contribution in [1.29, 1.82) is 0 Å². The quantitative estimate of drug-likeness (QED) is 0.165. The number of aromatic nitrogens is 3. The van der Waals surface area contributed by atoms with Crippen LogP contribution in [-0.4, -0.2) is 14.1 Å². The van der Waals surface area contributed by atoms with Gasteiger partial charge in [-0.25, -0.2) is 4.98 Å². The van der Waals surface area contributed by atoms with Crippen molar-refractivity contribution in [3.05, 3.63) is 224 Å². The Kier molecular flexibility index (Phi) is 7.85. The summed E-state index contributed by atoms with van der Waals surface area (Å²) in [5.41, 5.74) is 15.6. The highest BCUT2D eigenvalue weighted by Gasteiger charge is 2.22. The molecule has 0 unspecified atom stereocenters. The molecule has 0 bridgehead atoms. The fourth-order valence-electron chi connectivity index (χ4n) is 9.42. The largest absolute Gasteiger partial charge is 0.307 e. The van der Waals surface area contributed by atoms with Crippen molar-refractivity contribution >= 4 is 54.4 Å². The fraction of sp³-hybridized carbons (Fsp3) is 0. The third kappa shape index (κ3) is 5.40. The predicted octanol–water partition coefficient (Wildman–Crippen LogP) is 15.1. The SMILES string of the molecule is c1ccc(-c2cc(-c3cccc(-n4c5ccccc5c5ccc6c7ccccc7n(-c7cccc8ccccc78)c6c54)c3)nc(-c3ccccc3-c3ccccc3)c2)cc1. The Morgan fingerprint density at radius 2 is 0.833 bits per heavy atom. The van der Waals surface area contributed by atoms with Gasteiger partial charge >= 0.3 is 0 Å². The Morgan fingerprint density at radius 3 is 1.58 bits per heavy atom. The summed E-state index contributed by atoms with van der Waals surface area (Å²) in [6, 6.07) is 80.9. The van der Waals surface area contributed by atoms with Crippen LogP contribution in [-0.2, 0) is 0 Å². The molecule has 0 atom stereocenters. The average Bonchev–Trinajstić information content (AvgIpc) is 3.85. The van der Waals surface area contributed by atoms with Gasteiger partial charge in [0.15, 0.2) is 0 Å². The highest BCUT2D eigenvalue weighted by molar-refractivity contribution is 6.24. The van der Waals surface area contributed by atoms with E-state index in [1.54, 1.807) is 0 Å². The van der Waals surface area contributed by atoms with E-state index < -0.39 is 0 Å². The minimum atomic E-state index is 0.923. The maximum absolute atomic E-state index is 5.48. The number of fused-ring (bicyclic) bond motifs is 8. The van der Waals surface area contributed by atoms with Crippen LogP contribution >= 0.6 is 0 Å². The molecule has 0 radical (unpaired) electrons. The van der Waals surface area contributed by atoms with E-state index in [0.29, 0.717) is 0 Å². The van der Waals surface area contributed by atoms with Gasteiger partial charge in [0.05, 0.1) is 39.1 Å². The first kappa shape index (κ1) is 34.1. The normalized spacial score (nSPS) is 11.7. The molecule has 60 heavy (non-hydrogen) atoms. The third-order valence-electron chi connectivity index (χ3n) is 12.1. The summed E-state index contributed by atoms with van der Waals surface area (Å²) in [7, 11) is 0. The number of hydrogen-bond acceptors (Lipinski definition) is 1. The minimum absolute atomic E-state index is 0.923. The van der Waals surface area contributed by atoms with E-state index in [-0.39, 0.29) is 0 Å². The Labute approximate surface area is 347 Å². The molecule has 3 aromatic heterocycles. The van der Waals surface area contributed by atoms with Crippen LogP contribution < -0.4 is 0 Å². The Balaban J connectivity index is 1.13. The van der Waals surface area contributed by atoms with E-state index in [2.05, 4.69) is 234 Å². The first-order valence-corrected chi connectivity index (χ1v) is 20.6. The van der Waals surface area contributed by atoms with Crippen molar-refractivity contribution in [2.45, 2.75) is 0 Å². The number of rotatable bonds is 6. The number of nitrogens with zero attached hydrogens (tertiary/aromatic N) is 3. The van der Waals surface area contributed by atoms with Crippen LogP contribution in [0, 0.1) is 0 Å². The standard InChI is InChI=1S/C57H37N3/c1-3-17-38(18-4-1)42-36-51(58-52(37-42)46-27-10-9-25-44(46)39-19-5-2-6-20-39)41-23-15-24-43(35-41)59-54-30-13-11-28-47(54)49-33-34-50-48-29-12-14-31-55(48)60(57(50)56(49)59)53-32-16-22-40-21-7-8-26-45(40)53/h1-37H. The zero-order valence-corrected chi connectivity index (χ0v) is 32.7. The number of hydrogen-bond donors (Lipinski definition) is 0. The van der Waals surface area contributed by atoms with E-state index >= 15 is 0 Å². The molecular weight excluding hydrogens is 727 g/mol. The highest BCUT2D eigenvalue weighted by atomic mass is 15.0. The maximum Gasteiger partial charge on any atom is 0.0789 e. The van der Waals surface area contributed by atoms with E-state index in [1.165, 1.54) is 60.1 Å². The van der Waals surface area contributed by atoms with Crippen LogP contribution in [0.1, 0.15) is 0 Å². The second-order valence-electron chi connectivity index (χ2n) is 15.5. The molecule has 3 heteroatoms. The summed E-state index contributed by atoms with van der Waals surface area (Å²) >= 11 is 0. The molecule has 9 aromatic carbocycles. The van der Waals surface area contributed by atoms with Gasteiger partial charge in [-0.1, -0.05) is 182 Å². The van der Waals surface area contributed by atoms with Crippen molar-refractivity contribution in [2.75, 3.05) is 0 Å². The lowest BCUT2D eigenvalue weighted by atomic mass is 9.95. The van der Waals surface area contributed by atoms with Crippen LogP contribution in [0.15, 0.2) is 224 Å². The summed E-state index contributed by atoms with van der Waals surface area (Å²) in [5, 5.41) is 7.34. The second kappa shape index (κ2) is 13.8. The molecule has 0 aliphatic carbocycles. The van der Waals surface area contributed by atoms with Crippen LogP contribution in [0.4, 0.5) is 0 Å². The van der Waals surface area contributed by atoms with E-state index in [0.717, 1.165) is 50.4 Å². The van der Waals surface area contributed by atoms with Gasteiger partial charge in [0.1, 0.15) is 0 Å². The Morgan fingerprint density at radius 1 is 0.300 bits per heavy atom. The minimum Gasteiger partial charge on any atom is -0.307 e. The molecule has 0 aliphatic rings. The van der Waals surface area contributed by atoms with Crippen molar-refractivity contribution in [3.63, 3.8) is 0 Å². The molecule has 0 spiro atoms. The molecule has 12 rings (SSSR count). The van der Waals surface area contributed by atoms with E-state index in [9.17, 15) is 0 Å². The van der Waals surface area contributed by atoms with Gasteiger partial charge in [-0.15, -0.1) is 0 Å². The molecule has 0 saturated carbocycles. The Hall–Kier alpha value is -8.01. The van der Waals surface area contributed by atoms with Crippen molar-refractivity contribution in [3.8, 4) is 56.1 Å². The summed E-state index contributed by atoms with van der Waals surface area (Å²) in [4.78, 5) is 5.48. The van der Waals surface area contributed by atoms with Gasteiger partial charge < -0.3 is 9.13 Å². The van der Waals surface area contributed by atoms with Crippen LogP contribution in [0.2, 0.25) is 0 Å². The molecule has 0 saturated heterocycles. The lowest BCUT2D eigenvalue weighted by Gasteiger charge is -2.16. The summed E-state index contributed by atoms with van der Waals surface area (Å²) in [6.07, 6.45) is 0. The molecule has 3 heterocycles. The van der Waals surface area contributed by atoms with E-state index in [4.69, 9.17) is 4.98 Å². The van der Waals surface area contributed by atoms with Crippen molar-refractivity contribution < 1.29 is 0 Å². The highest BCUT2D eigenvalue weighted by Crippen LogP contribution is 2.43. The fourth-order valence-corrected chi connectivity index (χ4v) is 9.42. The molecule has 0 N–H and O–H groups in total. The lowest BCUT2D eigenvalue weighted by Crippen LogP contribution is -2.00. The van der Waals surface area contributed by atoms with Crippen LogP contribution in [0.5, 0.6) is 0 Å². The number of benzene rings is 9. The summed E-state index contributed by atoms with van der Waals surface area (Å²) in [6.45, 7) is 0. The molecule has 0 amide bonds. The zero-order chi connectivity index (χ0) is 39.6. The van der Waals surface area contributed by atoms with Crippen LogP contribution in [0.3, 0.4) is 0 Å². The molecule has 12 aromatic rings. The number of para-hydroxylation sites is 2. The van der Waals surface area contributed by atoms with Gasteiger partial charge in [-0.3, -0.25) is 0 Å². The number of pyridine rings is 1. The topological polar surface area (TPSA) is 22.8 Å². The van der Waals surface area contributed by atoms with Gasteiger partial charge in [0.25, 0.3) is 0 Å². The van der Waals surface area contributed by atoms with E-state index in [1.807, 2.05) is 0 Å². The van der Waals surface area contributed by atoms with Gasteiger partial charge in [0.2, 0.25) is 0 Å². The Bertz CT molecular complexity index is 3590. The zero-order valence-electron chi connectivity index (χ0n) is 32.7. The lowest BCUT2D eigenvalue weighted by molar-refractivity contribution is 1.15. The summed E-state index contributed by atoms with van der Waals surface area (Å²) < 4.78 is 4.97. The third-order valence-corrected chi connectivity index (χ3v) is 12.1. The van der Waals surface area contributed by atoms with Gasteiger partial charge in [-0.2, -0.15) is 0 Å².